The molecule has 2 aromatic carbocycles. The van der Waals surface area contributed by atoms with Gasteiger partial charge in [-0.15, -0.1) is 0 Å². The minimum absolute atomic E-state index is 0.00586. The van der Waals surface area contributed by atoms with Crippen LogP contribution >= 0.6 is 0 Å². The fourth-order valence-corrected chi connectivity index (χ4v) is 3.53. The number of carbonyl (C=O) groups is 2. The Hall–Kier alpha value is -3.61. The lowest BCUT2D eigenvalue weighted by molar-refractivity contribution is 0.0792. The third-order valence-electron chi connectivity index (χ3n) is 5.33. The molecule has 1 aliphatic heterocycles. The first-order valence-corrected chi connectivity index (χ1v) is 9.96. The van der Waals surface area contributed by atoms with E-state index in [-0.39, 0.29) is 11.8 Å². The Balaban J connectivity index is 1.50. The third-order valence-corrected chi connectivity index (χ3v) is 5.33. The number of aromatic amines is 1. The van der Waals surface area contributed by atoms with E-state index in [2.05, 4.69) is 15.5 Å². The number of anilines is 1. The first-order valence-electron chi connectivity index (χ1n) is 9.96. The second-order valence-corrected chi connectivity index (χ2v) is 7.38. The second kappa shape index (κ2) is 8.41. The monoisotopic (exact) mass is 404 g/mol. The van der Waals surface area contributed by atoms with Gasteiger partial charge in [0.15, 0.2) is 0 Å². The molecule has 1 fully saturated rings. The smallest absolute Gasteiger partial charge is 0.273 e. The lowest BCUT2D eigenvalue weighted by Gasteiger charge is -2.16. The molecule has 154 valence electrons. The maximum absolute atomic E-state index is 12.8. The molecule has 1 saturated heterocycles. The first kappa shape index (κ1) is 19.7. The summed E-state index contributed by atoms with van der Waals surface area (Å²) in [6.45, 7) is 3.48. The van der Waals surface area contributed by atoms with Crippen LogP contribution < -0.4 is 10.1 Å². The molecule has 7 nitrogen and oxygen atoms in total. The average Bonchev–Trinajstić information content (AvgIpc) is 3.47. The zero-order chi connectivity index (χ0) is 21.1. The van der Waals surface area contributed by atoms with E-state index in [4.69, 9.17) is 4.74 Å². The number of ether oxygens (including phenoxy) is 1. The number of hydrogen-bond acceptors (Lipinski definition) is 4. The summed E-state index contributed by atoms with van der Waals surface area (Å²) in [6, 6.07) is 14.6. The van der Waals surface area contributed by atoms with E-state index >= 15 is 0 Å². The molecule has 3 aromatic rings. The van der Waals surface area contributed by atoms with Gasteiger partial charge in [-0.3, -0.25) is 14.7 Å². The molecule has 1 aromatic heterocycles. The van der Waals surface area contributed by atoms with Gasteiger partial charge in [-0.1, -0.05) is 6.07 Å². The van der Waals surface area contributed by atoms with Crippen LogP contribution in [0.3, 0.4) is 0 Å². The van der Waals surface area contributed by atoms with Gasteiger partial charge in [-0.25, -0.2) is 0 Å². The molecular weight excluding hydrogens is 380 g/mol. The number of benzene rings is 2. The first-order chi connectivity index (χ1) is 14.5. The zero-order valence-corrected chi connectivity index (χ0v) is 17.1. The number of aryl methyl sites for hydroxylation is 1. The highest BCUT2D eigenvalue weighted by Gasteiger charge is 2.20. The number of aromatic nitrogens is 2. The van der Waals surface area contributed by atoms with E-state index in [1.165, 1.54) is 0 Å². The Labute approximate surface area is 175 Å². The summed E-state index contributed by atoms with van der Waals surface area (Å²) in [6.07, 6.45) is 2.08. The standard InChI is InChI=1S/C23H24N4O3/c1-15-5-6-17(23(29)27-11-3-4-12-27)13-19(15)24-22(28)21-14-20(25-26-21)16-7-9-18(30-2)10-8-16/h5-10,13-14H,3-4,11-12H2,1-2H3,(H,24,28)(H,25,26). The van der Waals surface area contributed by atoms with Gasteiger partial charge in [0.2, 0.25) is 0 Å². The molecule has 30 heavy (non-hydrogen) atoms. The normalized spacial score (nSPS) is 13.3. The van der Waals surface area contributed by atoms with Crippen molar-refractivity contribution in [3.63, 3.8) is 0 Å². The van der Waals surface area contributed by atoms with Crippen LogP contribution in [0.15, 0.2) is 48.5 Å². The van der Waals surface area contributed by atoms with Crippen molar-refractivity contribution in [3.8, 4) is 17.0 Å². The van der Waals surface area contributed by atoms with E-state index in [1.54, 1.807) is 19.2 Å². The number of methoxy groups -OCH3 is 1. The van der Waals surface area contributed by atoms with Crippen molar-refractivity contribution in [2.24, 2.45) is 0 Å². The summed E-state index contributed by atoms with van der Waals surface area (Å²) in [5.74, 6) is 0.452. The number of likely N-dealkylation sites (tertiary alicyclic amines) is 1. The summed E-state index contributed by atoms with van der Waals surface area (Å²) in [7, 11) is 1.61. The molecule has 0 radical (unpaired) electrons. The van der Waals surface area contributed by atoms with Crippen molar-refractivity contribution in [3.05, 3.63) is 65.4 Å². The second-order valence-electron chi connectivity index (χ2n) is 7.38. The molecular formula is C23H24N4O3. The van der Waals surface area contributed by atoms with Crippen LogP contribution in [0, 0.1) is 6.92 Å². The molecule has 0 atom stereocenters. The van der Waals surface area contributed by atoms with Crippen molar-refractivity contribution >= 4 is 17.5 Å². The SMILES string of the molecule is COc1ccc(-c2cc(C(=O)Nc3cc(C(=O)N4CCCC4)ccc3C)[nH]n2)cc1. The van der Waals surface area contributed by atoms with Gasteiger partial charge < -0.3 is 15.0 Å². The minimum Gasteiger partial charge on any atom is -0.497 e. The number of nitrogens with zero attached hydrogens (tertiary/aromatic N) is 2. The largest absolute Gasteiger partial charge is 0.497 e. The highest BCUT2D eigenvalue weighted by molar-refractivity contribution is 6.05. The summed E-state index contributed by atoms with van der Waals surface area (Å²) >= 11 is 0. The topological polar surface area (TPSA) is 87.3 Å². The molecule has 2 heterocycles. The van der Waals surface area contributed by atoms with E-state index in [0.29, 0.717) is 22.6 Å². The summed E-state index contributed by atoms with van der Waals surface area (Å²) in [5, 5.41) is 9.92. The zero-order valence-electron chi connectivity index (χ0n) is 17.1. The van der Waals surface area contributed by atoms with Crippen molar-refractivity contribution in [2.45, 2.75) is 19.8 Å². The van der Waals surface area contributed by atoms with E-state index in [0.717, 1.165) is 42.8 Å². The van der Waals surface area contributed by atoms with Gasteiger partial charge in [0.25, 0.3) is 11.8 Å². The van der Waals surface area contributed by atoms with Crippen molar-refractivity contribution < 1.29 is 14.3 Å². The molecule has 7 heteroatoms. The Morgan fingerprint density at radius 2 is 1.80 bits per heavy atom. The maximum atomic E-state index is 12.8. The predicted molar refractivity (Wildman–Crippen MR) is 115 cm³/mol. The van der Waals surface area contributed by atoms with E-state index < -0.39 is 0 Å². The lowest BCUT2D eigenvalue weighted by Crippen LogP contribution is -2.27. The minimum atomic E-state index is -0.309. The molecule has 2 N–H and O–H groups in total. The molecule has 0 saturated carbocycles. The van der Waals surface area contributed by atoms with Gasteiger partial charge in [-0.05, 0) is 67.8 Å². The average molecular weight is 404 g/mol. The molecule has 1 aliphatic rings. The number of amides is 2. The van der Waals surface area contributed by atoms with Crippen LogP contribution in [-0.4, -0.2) is 47.1 Å². The quantitative estimate of drug-likeness (QED) is 0.676. The highest BCUT2D eigenvalue weighted by Crippen LogP contribution is 2.23. The van der Waals surface area contributed by atoms with Crippen molar-refractivity contribution in [1.29, 1.82) is 0 Å². The number of rotatable bonds is 5. The summed E-state index contributed by atoms with van der Waals surface area (Å²) < 4.78 is 5.17. The summed E-state index contributed by atoms with van der Waals surface area (Å²) in [5.41, 5.74) is 3.97. The number of carbonyl (C=O) groups excluding carboxylic acids is 2. The van der Waals surface area contributed by atoms with E-state index in [1.807, 2.05) is 48.2 Å². The molecule has 0 aliphatic carbocycles. The number of nitrogens with one attached hydrogen (secondary N) is 2. The van der Waals surface area contributed by atoms with Crippen molar-refractivity contribution in [1.82, 2.24) is 15.1 Å². The Kier molecular flexibility index (Phi) is 5.52. The van der Waals surface area contributed by atoms with Crippen LogP contribution in [0.5, 0.6) is 5.75 Å². The number of H-pyrrole nitrogens is 1. The fraction of sp³-hybridized carbons (Fsp3) is 0.261. The van der Waals surface area contributed by atoms with Crippen LogP contribution in [-0.2, 0) is 0 Å². The van der Waals surface area contributed by atoms with E-state index in [9.17, 15) is 9.59 Å². The van der Waals surface area contributed by atoms with Crippen LogP contribution in [0.2, 0.25) is 0 Å². The van der Waals surface area contributed by atoms with Gasteiger partial charge in [0, 0.05) is 29.9 Å². The van der Waals surface area contributed by atoms with Gasteiger partial charge in [-0.2, -0.15) is 5.10 Å². The van der Waals surface area contributed by atoms with Gasteiger partial charge in [0.05, 0.1) is 12.8 Å². The maximum Gasteiger partial charge on any atom is 0.273 e. The Morgan fingerprint density at radius 1 is 1.07 bits per heavy atom. The van der Waals surface area contributed by atoms with Crippen LogP contribution in [0.1, 0.15) is 39.3 Å². The third kappa shape index (κ3) is 4.05. The molecule has 4 rings (SSSR count). The van der Waals surface area contributed by atoms with Gasteiger partial charge in [0.1, 0.15) is 11.4 Å². The summed E-state index contributed by atoms with van der Waals surface area (Å²) in [4.78, 5) is 27.3. The molecule has 0 bridgehead atoms. The van der Waals surface area contributed by atoms with Crippen molar-refractivity contribution in [2.75, 3.05) is 25.5 Å². The Bertz CT molecular complexity index is 1070. The number of hydrogen-bond donors (Lipinski definition) is 2. The highest BCUT2D eigenvalue weighted by atomic mass is 16.5. The van der Waals surface area contributed by atoms with Gasteiger partial charge >= 0.3 is 0 Å². The molecule has 0 unspecified atom stereocenters. The Morgan fingerprint density at radius 3 is 2.50 bits per heavy atom. The molecule has 0 spiro atoms. The fourth-order valence-electron chi connectivity index (χ4n) is 3.53. The predicted octanol–water partition coefficient (Wildman–Crippen LogP) is 3.88. The van der Waals surface area contributed by atoms with Crippen LogP contribution in [0.25, 0.3) is 11.3 Å². The molecule has 2 amide bonds. The van der Waals surface area contributed by atoms with Crippen LogP contribution in [0.4, 0.5) is 5.69 Å². The lowest BCUT2D eigenvalue weighted by atomic mass is 10.1.